The molecule has 164 valence electrons. The molecule has 0 bridgehead atoms. The summed E-state index contributed by atoms with van der Waals surface area (Å²) in [5, 5.41) is 3.38. The zero-order valence-corrected chi connectivity index (χ0v) is 19.6. The van der Waals surface area contributed by atoms with Crippen LogP contribution in [0.3, 0.4) is 0 Å². The van der Waals surface area contributed by atoms with Crippen LogP contribution in [0.4, 0.5) is 0 Å². The molecule has 1 N–H and O–H groups in total. The number of hydrogen-bond acceptors (Lipinski definition) is 4. The summed E-state index contributed by atoms with van der Waals surface area (Å²) in [6.07, 6.45) is 0. The van der Waals surface area contributed by atoms with Crippen LogP contribution in [0, 0.1) is 0 Å². The zero-order chi connectivity index (χ0) is 22.4. The molecule has 0 saturated carbocycles. The molecule has 0 amide bonds. The Morgan fingerprint density at radius 2 is 1.43 bits per heavy atom. The maximum absolute atomic E-state index is 11.5. The fourth-order valence-electron chi connectivity index (χ4n) is 3.08. The smallest absolute Gasteiger partial charge is 0.337 e. The molecular weight excluding hydrogens is 374 g/mol. The van der Waals surface area contributed by atoms with Gasteiger partial charge in [-0.3, -0.25) is 0 Å². The van der Waals surface area contributed by atoms with Crippen molar-refractivity contribution in [2.75, 3.05) is 20.3 Å². The second-order valence-electron chi connectivity index (χ2n) is 9.84. The van der Waals surface area contributed by atoms with E-state index in [9.17, 15) is 4.79 Å². The summed E-state index contributed by atoms with van der Waals surface area (Å²) in [6.45, 7) is 16.3. The quantitative estimate of drug-likeness (QED) is 0.468. The highest BCUT2D eigenvalue weighted by molar-refractivity contribution is 5.89. The number of carbonyl (C=O) groups is 1. The summed E-state index contributed by atoms with van der Waals surface area (Å²) in [4.78, 5) is 11.5. The molecular formula is C26H37NO3. The lowest BCUT2D eigenvalue weighted by Crippen LogP contribution is -2.20. The number of carbonyl (C=O) groups excluding carboxylic acids is 1. The Morgan fingerprint density at radius 1 is 0.867 bits per heavy atom. The third-order valence-electron chi connectivity index (χ3n) is 5.12. The summed E-state index contributed by atoms with van der Waals surface area (Å²) in [5.74, 6) is -0.312. The van der Waals surface area contributed by atoms with Gasteiger partial charge in [-0.1, -0.05) is 71.9 Å². The maximum Gasteiger partial charge on any atom is 0.337 e. The van der Waals surface area contributed by atoms with Crippen LogP contribution in [0.15, 0.2) is 42.5 Å². The van der Waals surface area contributed by atoms with Gasteiger partial charge in [-0.2, -0.15) is 0 Å². The highest BCUT2D eigenvalue weighted by atomic mass is 16.5. The van der Waals surface area contributed by atoms with Gasteiger partial charge in [0.05, 0.1) is 25.9 Å². The third-order valence-corrected chi connectivity index (χ3v) is 5.12. The molecule has 0 spiro atoms. The predicted molar refractivity (Wildman–Crippen MR) is 123 cm³/mol. The van der Waals surface area contributed by atoms with Gasteiger partial charge in [0.1, 0.15) is 0 Å². The normalized spacial score (nSPS) is 12.1. The molecule has 2 rings (SSSR count). The van der Waals surface area contributed by atoms with Crippen molar-refractivity contribution in [1.29, 1.82) is 0 Å². The van der Waals surface area contributed by atoms with Gasteiger partial charge >= 0.3 is 5.97 Å². The lowest BCUT2D eigenvalue weighted by atomic mass is 9.79. The Balaban J connectivity index is 1.83. The van der Waals surface area contributed by atoms with Gasteiger partial charge in [0.25, 0.3) is 0 Å². The van der Waals surface area contributed by atoms with Gasteiger partial charge in [-0.15, -0.1) is 0 Å². The SMILES string of the molecule is COC(=O)c1ccc(CNCCOCc2cc(C(C)(C)C)cc(C(C)(C)C)c2)cc1. The van der Waals surface area contributed by atoms with Gasteiger partial charge in [0.15, 0.2) is 0 Å². The number of nitrogens with one attached hydrogen (secondary N) is 1. The minimum Gasteiger partial charge on any atom is -0.465 e. The number of benzene rings is 2. The van der Waals surface area contributed by atoms with Crippen molar-refractivity contribution in [1.82, 2.24) is 5.32 Å². The number of methoxy groups -OCH3 is 1. The molecule has 0 aliphatic carbocycles. The minimum atomic E-state index is -0.312. The molecule has 0 atom stereocenters. The molecule has 0 heterocycles. The van der Waals surface area contributed by atoms with Crippen LogP contribution in [0.25, 0.3) is 0 Å². The summed E-state index contributed by atoms with van der Waals surface area (Å²) in [7, 11) is 1.39. The van der Waals surface area contributed by atoms with Crippen molar-refractivity contribution in [2.24, 2.45) is 0 Å². The monoisotopic (exact) mass is 411 g/mol. The van der Waals surface area contributed by atoms with Crippen LogP contribution in [0.5, 0.6) is 0 Å². The summed E-state index contributed by atoms with van der Waals surface area (Å²) in [6, 6.07) is 14.3. The van der Waals surface area contributed by atoms with Crippen molar-refractivity contribution in [2.45, 2.75) is 65.5 Å². The van der Waals surface area contributed by atoms with Crippen LogP contribution >= 0.6 is 0 Å². The first-order valence-corrected chi connectivity index (χ1v) is 10.6. The Morgan fingerprint density at radius 3 is 1.93 bits per heavy atom. The van der Waals surface area contributed by atoms with Crippen LogP contribution < -0.4 is 5.32 Å². The fourth-order valence-corrected chi connectivity index (χ4v) is 3.08. The molecule has 2 aromatic rings. The van der Waals surface area contributed by atoms with E-state index in [0.29, 0.717) is 18.8 Å². The van der Waals surface area contributed by atoms with Gasteiger partial charge < -0.3 is 14.8 Å². The second kappa shape index (κ2) is 10.2. The second-order valence-corrected chi connectivity index (χ2v) is 9.84. The van der Waals surface area contributed by atoms with Crippen LogP contribution in [-0.2, 0) is 33.5 Å². The number of esters is 1. The van der Waals surface area contributed by atoms with Gasteiger partial charge in [-0.25, -0.2) is 4.79 Å². The van der Waals surface area contributed by atoms with Crippen LogP contribution in [0.2, 0.25) is 0 Å². The number of rotatable bonds is 8. The highest BCUT2D eigenvalue weighted by Gasteiger charge is 2.20. The van der Waals surface area contributed by atoms with E-state index in [1.54, 1.807) is 12.1 Å². The van der Waals surface area contributed by atoms with E-state index in [1.165, 1.54) is 23.8 Å². The van der Waals surface area contributed by atoms with E-state index in [2.05, 4.69) is 65.1 Å². The van der Waals surface area contributed by atoms with Crippen LogP contribution in [-0.4, -0.2) is 26.2 Å². The first-order valence-electron chi connectivity index (χ1n) is 10.6. The predicted octanol–water partition coefficient (Wildman–Crippen LogP) is 5.37. The van der Waals surface area contributed by atoms with Gasteiger partial charge in [0.2, 0.25) is 0 Å². The first-order chi connectivity index (χ1) is 14.0. The molecule has 0 saturated heterocycles. The molecule has 0 fully saturated rings. The molecule has 4 nitrogen and oxygen atoms in total. The molecule has 0 unspecified atom stereocenters. The number of hydrogen-bond donors (Lipinski definition) is 1. The lowest BCUT2D eigenvalue weighted by molar-refractivity contribution is 0.0600. The Bertz CT molecular complexity index is 795. The minimum absolute atomic E-state index is 0.112. The van der Waals surface area contributed by atoms with Crippen molar-refractivity contribution in [3.63, 3.8) is 0 Å². The van der Waals surface area contributed by atoms with E-state index in [4.69, 9.17) is 9.47 Å². The molecule has 2 aromatic carbocycles. The molecule has 4 heteroatoms. The lowest BCUT2D eigenvalue weighted by Gasteiger charge is -2.26. The Kier molecular flexibility index (Phi) is 8.22. The summed E-state index contributed by atoms with van der Waals surface area (Å²) < 4.78 is 10.7. The molecule has 0 aliphatic rings. The highest BCUT2D eigenvalue weighted by Crippen LogP contribution is 2.30. The topological polar surface area (TPSA) is 47.6 Å². The Hall–Kier alpha value is -2.17. The van der Waals surface area contributed by atoms with Crippen molar-refractivity contribution in [3.8, 4) is 0 Å². The van der Waals surface area contributed by atoms with E-state index in [0.717, 1.165) is 18.7 Å². The van der Waals surface area contributed by atoms with Gasteiger partial charge in [0, 0.05) is 13.1 Å². The van der Waals surface area contributed by atoms with E-state index < -0.39 is 0 Å². The molecule has 0 aliphatic heterocycles. The maximum atomic E-state index is 11.5. The largest absolute Gasteiger partial charge is 0.465 e. The average Bonchev–Trinajstić information content (AvgIpc) is 2.69. The number of ether oxygens (including phenoxy) is 2. The van der Waals surface area contributed by atoms with Crippen LogP contribution in [0.1, 0.15) is 74.2 Å². The average molecular weight is 412 g/mol. The molecule has 30 heavy (non-hydrogen) atoms. The van der Waals surface area contributed by atoms with E-state index in [1.807, 2.05) is 12.1 Å². The standard InChI is InChI=1S/C26H37NO3/c1-25(2,3)22-14-20(15-23(16-22)26(4,5)6)18-30-13-12-27-17-19-8-10-21(11-9-19)24(28)29-7/h8-11,14-16,27H,12-13,17-18H2,1-7H3. The van der Waals surface area contributed by atoms with Crippen molar-refractivity contribution < 1.29 is 14.3 Å². The first kappa shape index (κ1) is 24.1. The molecule has 0 radical (unpaired) electrons. The third kappa shape index (κ3) is 7.26. The Labute approximate surface area is 182 Å². The van der Waals surface area contributed by atoms with E-state index in [-0.39, 0.29) is 16.8 Å². The zero-order valence-electron chi connectivity index (χ0n) is 19.6. The summed E-state index contributed by atoms with van der Waals surface area (Å²) >= 11 is 0. The van der Waals surface area contributed by atoms with Crippen molar-refractivity contribution >= 4 is 5.97 Å². The van der Waals surface area contributed by atoms with Gasteiger partial charge in [-0.05, 0) is 45.2 Å². The van der Waals surface area contributed by atoms with Crippen molar-refractivity contribution in [3.05, 3.63) is 70.3 Å². The summed E-state index contributed by atoms with van der Waals surface area (Å²) in [5.41, 5.74) is 5.84. The fraction of sp³-hybridized carbons (Fsp3) is 0.500. The molecule has 0 aromatic heterocycles. The van der Waals surface area contributed by atoms with E-state index >= 15 is 0 Å².